The molecule has 0 spiro atoms. The van der Waals surface area contributed by atoms with E-state index in [4.69, 9.17) is 15.3 Å². The number of aryl methyl sites for hydroxylation is 1. The maximum atomic E-state index is 5.77. The molecule has 0 fully saturated rings. The molecule has 1 aromatic heterocycles. The standard InChI is InChI=1S/C14H19BrN4O2/c1-4-19-14(12(21-3)8-17-19)13(18-16)9-5-6-11(20-2)10(15)7-9/h5-8,13,18H,4,16H2,1-3H3. The molecule has 0 aliphatic carbocycles. The van der Waals surface area contributed by atoms with E-state index in [0.29, 0.717) is 5.75 Å². The molecule has 0 aliphatic rings. The molecule has 0 aliphatic heterocycles. The van der Waals surface area contributed by atoms with Crippen molar-refractivity contribution < 1.29 is 9.47 Å². The van der Waals surface area contributed by atoms with E-state index >= 15 is 0 Å². The van der Waals surface area contributed by atoms with Crippen LogP contribution in [0.4, 0.5) is 0 Å². The molecular formula is C14H19BrN4O2. The van der Waals surface area contributed by atoms with Crippen LogP contribution in [-0.2, 0) is 6.54 Å². The zero-order chi connectivity index (χ0) is 15.4. The number of nitrogens with zero attached hydrogens (tertiary/aromatic N) is 2. The molecule has 0 saturated heterocycles. The lowest BCUT2D eigenvalue weighted by Crippen LogP contribution is -2.31. The molecule has 2 rings (SSSR count). The van der Waals surface area contributed by atoms with Crippen molar-refractivity contribution in [2.45, 2.75) is 19.5 Å². The molecule has 3 N–H and O–H groups in total. The van der Waals surface area contributed by atoms with Crippen LogP contribution >= 0.6 is 15.9 Å². The number of methoxy groups -OCH3 is 2. The van der Waals surface area contributed by atoms with Crippen molar-refractivity contribution in [1.29, 1.82) is 0 Å². The maximum Gasteiger partial charge on any atom is 0.161 e. The van der Waals surface area contributed by atoms with Crippen LogP contribution < -0.4 is 20.7 Å². The molecule has 0 radical (unpaired) electrons. The summed E-state index contributed by atoms with van der Waals surface area (Å²) < 4.78 is 13.4. The zero-order valence-corrected chi connectivity index (χ0v) is 13.8. The third-order valence-electron chi connectivity index (χ3n) is 3.31. The van der Waals surface area contributed by atoms with Crippen molar-refractivity contribution in [3.05, 3.63) is 40.1 Å². The van der Waals surface area contributed by atoms with Crippen LogP contribution in [0, 0.1) is 0 Å². The fourth-order valence-corrected chi connectivity index (χ4v) is 2.83. The van der Waals surface area contributed by atoms with Crippen LogP contribution in [0.5, 0.6) is 11.5 Å². The van der Waals surface area contributed by atoms with E-state index in [1.54, 1.807) is 20.4 Å². The van der Waals surface area contributed by atoms with Crippen molar-refractivity contribution in [2.24, 2.45) is 5.84 Å². The summed E-state index contributed by atoms with van der Waals surface area (Å²) in [4.78, 5) is 0. The minimum atomic E-state index is -0.232. The highest BCUT2D eigenvalue weighted by Crippen LogP contribution is 2.33. The van der Waals surface area contributed by atoms with Gasteiger partial charge in [-0.2, -0.15) is 5.10 Å². The number of hydrogen-bond donors (Lipinski definition) is 2. The van der Waals surface area contributed by atoms with Crippen molar-refractivity contribution in [3.63, 3.8) is 0 Å². The monoisotopic (exact) mass is 354 g/mol. The predicted octanol–water partition coefficient (Wildman–Crippen LogP) is 2.24. The second kappa shape index (κ2) is 6.93. The first kappa shape index (κ1) is 15.8. The Morgan fingerprint density at radius 3 is 2.57 bits per heavy atom. The van der Waals surface area contributed by atoms with E-state index in [9.17, 15) is 0 Å². The highest BCUT2D eigenvalue weighted by molar-refractivity contribution is 9.10. The third-order valence-corrected chi connectivity index (χ3v) is 3.93. The minimum absolute atomic E-state index is 0.232. The number of aromatic nitrogens is 2. The molecule has 0 amide bonds. The lowest BCUT2D eigenvalue weighted by atomic mass is 10.0. The first-order valence-corrected chi connectivity index (χ1v) is 7.34. The average molecular weight is 355 g/mol. The lowest BCUT2D eigenvalue weighted by Gasteiger charge is -2.20. The fraction of sp³-hybridized carbons (Fsp3) is 0.357. The Labute approximate surface area is 132 Å². The Balaban J connectivity index is 2.49. The van der Waals surface area contributed by atoms with Gasteiger partial charge in [0, 0.05) is 6.54 Å². The smallest absolute Gasteiger partial charge is 0.161 e. The van der Waals surface area contributed by atoms with E-state index in [1.807, 2.05) is 29.8 Å². The highest BCUT2D eigenvalue weighted by Gasteiger charge is 2.23. The molecule has 1 unspecified atom stereocenters. The molecule has 0 saturated carbocycles. The average Bonchev–Trinajstić information content (AvgIpc) is 2.91. The number of rotatable bonds is 6. The van der Waals surface area contributed by atoms with Gasteiger partial charge in [-0.3, -0.25) is 10.5 Å². The second-order valence-electron chi connectivity index (χ2n) is 4.41. The largest absolute Gasteiger partial charge is 0.496 e. The Hall–Kier alpha value is -1.57. The van der Waals surface area contributed by atoms with Gasteiger partial charge in [-0.1, -0.05) is 6.07 Å². The first-order valence-electron chi connectivity index (χ1n) is 6.55. The van der Waals surface area contributed by atoms with Crippen LogP contribution in [0.15, 0.2) is 28.9 Å². The topological polar surface area (TPSA) is 74.3 Å². The molecule has 7 heteroatoms. The summed E-state index contributed by atoms with van der Waals surface area (Å²) in [5.74, 6) is 7.24. The van der Waals surface area contributed by atoms with Gasteiger partial charge in [0.25, 0.3) is 0 Å². The molecule has 0 bridgehead atoms. The van der Waals surface area contributed by atoms with Gasteiger partial charge in [0.15, 0.2) is 5.75 Å². The molecule has 6 nitrogen and oxygen atoms in total. The first-order chi connectivity index (χ1) is 10.2. The Kier molecular flexibility index (Phi) is 5.22. The molecule has 1 heterocycles. The van der Waals surface area contributed by atoms with Gasteiger partial charge in [-0.25, -0.2) is 5.43 Å². The maximum absolute atomic E-state index is 5.77. The van der Waals surface area contributed by atoms with Crippen molar-refractivity contribution in [3.8, 4) is 11.5 Å². The summed E-state index contributed by atoms with van der Waals surface area (Å²) in [5, 5.41) is 4.32. The number of hydrazine groups is 1. The molecule has 2 aromatic rings. The molecule has 21 heavy (non-hydrogen) atoms. The third kappa shape index (κ3) is 3.04. The number of nitrogens with one attached hydrogen (secondary N) is 1. The van der Waals surface area contributed by atoms with Crippen molar-refractivity contribution in [2.75, 3.05) is 14.2 Å². The van der Waals surface area contributed by atoms with E-state index in [-0.39, 0.29) is 6.04 Å². The summed E-state index contributed by atoms with van der Waals surface area (Å²) >= 11 is 3.49. The minimum Gasteiger partial charge on any atom is -0.496 e. The van der Waals surface area contributed by atoms with Gasteiger partial charge in [-0.15, -0.1) is 0 Å². The van der Waals surface area contributed by atoms with Crippen molar-refractivity contribution >= 4 is 15.9 Å². The number of nitrogens with two attached hydrogens (primary N) is 1. The van der Waals surface area contributed by atoms with Crippen LogP contribution in [0.3, 0.4) is 0 Å². The fourth-order valence-electron chi connectivity index (χ4n) is 2.27. The van der Waals surface area contributed by atoms with E-state index in [1.165, 1.54) is 0 Å². The van der Waals surface area contributed by atoms with Crippen LogP contribution in [-0.4, -0.2) is 24.0 Å². The van der Waals surface area contributed by atoms with Gasteiger partial charge in [0.1, 0.15) is 11.4 Å². The second-order valence-corrected chi connectivity index (χ2v) is 5.26. The molecule has 1 aromatic carbocycles. The lowest BCUT2D eigenvalue weighted by molar-refractivity contribution is 0.399. The van der Waals surface area contributed by atoms with Crippen LogP contribution in [0.1, 0.15) is 24.2 Å². The summed E-state index contributed by atoms with van der Waals surface area (Å²) in [7, 11) is 3.26. The Bertz CT molecular complexity index is 594. The van der Waals surface area contributed by atoms with Gasteiger partial charge in [-0.05, 0) is 40.5 Å². The van der Waals surface area contributed by atoms with Crippen LogP contribution in [0.2, 0.25) is 0 Å². The Morgan fingerprint density at radius 2 is 2.05 bits per heavy atom. The van der Waals surface area contributed by atoms with Gasteiger partial charge < -0.3 is 9.47 Å². The van der Waals surface area contributed by atoms with E-state index < -0.39 is 0 Å². The predicted molar refractivity (Wildman–Crippen MR) is 84.3 cm³/mol. The summed E-state index contributed by atoms with van der Waals surface area (Å²) in [6.45, 7) is 2.75. The van der Waals surface area contributed by atoms with Gasteiger partial charge in [0.05, 0.1) is 30.9 Å². The SMILES string of the molecule is CCn1ncc(OC)c1C(NN)c1ccc(OC)c(Br)c1. The number of hydrogen-bond acceptors (Lipinski definition) is 5. The Morgan fingerprint density at radius 1 is 1.33 bits per heavy atom. The molecular weight excluding hydrogens is 336 g/mol. The number of benzene rings is 1. The summed E-state index contributed by atoms with van der Waals surface area (Å²) in [6, 6.07) is 5.59. The number of halogens is 1. The molecule has 114 valence electrons. The summed E-state index contributed by atoms with van der Waals surface area (Å²) in [6.07, 6.45) is 1.70. The van der Waals surface area contributed by atoms with Gasteiger partial charge in [0.2, 0.25) is 0 Å². The van der Waals surface area contributed by atoms with E-state index in [2.05, 4.69) is 26.5 Å². The van der Waals surface area contributed by atoms with Crippen molar-refractivity contribution in [1.82, 2.24) is 15.2 Å². The summed E-state index contributed by atoms with van der Waals surface area (Å²) in [5.41, 5.74) is 4.71. The van der Waals surface area contributed by atoms with Crippen LogP contribution in [0.25, 0.3) is 0 Å². The normalized spacial score (nSPS) is 12.2. The van der Waals surface area contributed by atoms with Gasteiger partial charge >= 0.3 is 0 Å². The quantitative estimate of drug-likeness (QED) is 0.614. The molecule has 1 atom stereocenters. The number of ether oxygens (including phenoxy) is 2. The zero-order valence-electron chi connectivity index (χ0n) is 12.3. The van der Waals surface area contributed by atoms with E-state index in [0.717, 1.165) is 28.0 Å². The highest BCUT2D eigenvalue weighted by atomic mass is 79.9.